The summed E-state index contributed by atoms with van der Waals surface area (Å²) >= 11 is 0. The zero-order valence-electron chi connectivity index (χ0n) is 14.9. The van der Waals surface area contributed by atoms with Crippen molar-refractivity contribution >= 4 is 5.69 Å². The largest absolute Gasteiger partial charge is 0.508 e. The molecule has 0 saturated carbocycles. The first-order chi connectivity index (χ1) is 11.5. The molecule has 3 heteroatoms. The van der Waals surface area contributed by atoms with E-state index in [4.69, 9.17) is 0 Å². The molecule has 0 aromatic heterocycles. The molecule has 0 aliphatic rings. The van der Waals surface area contributed by atoms with E-state index >= 15 is 0 Å². The quantitative estimate of drug-likeness (QED) is 0.549. The van der Waals surface area contributed by atoms with Crippen LogP contribution in [0.15, 0.2) is 42.5 Å². The maximum atomic E-state index is 9.74. The second kappa shape index (κ2) is 8.31. The predicted molar refractivity (Wildman–Crippen MR) is 101 cm³/mol. The SMILES string of the molecule is CC(C)c1cccc(C(C)C)c1NC#CNCc1ccccc1O. The fraction of sp³-hybridized carbons (Fsp3) is 0.333. The van der Waals surface area contributed by atoms with Gasteiger partial charge in [-0.2, -0.15) is 0 Å². The number of phenolic OH excluding ortho intramolecular Hbond substituents is 1. The summed E-state index contributed by atoms with van der Waals surface area (Å²) in [5.41, 5.74) is 4.49. The van der Waals surface area contributed by atoms with Crippen LogP contribution >= 0.6 is 0 Å². The van der Waals surface area contributed by atoms with E-state index in [0.717, 1.165) is 11.3 Å². The molecular weight excluding hydrogens is 296 g/mol. The molecule has 3 N–H and O–H groups in total. The summed E-state index contributed by atoms with van der Waals surface area (Å²) < 4.78 is 0. The van der Waals surface area contributed by atoms with Crippen molar-refractivity contribution in [2.45, 2.75) is 46.1 Å². The van der Waals surface area contributed by atoms with Gasteiger partial charge in [0.25, 0.3) is 0 Å². The number of hydrogen-bond donors (Lipinski definition) is 3. The van der Waals surface area contributed by atoms with Crippen molar-refractivity contribution in [1.29, 1.82) is 0 Å². The highest BCUT2D eigenvalue weighted by molar-refractivity contribution is 5.62. The average Bonchev–Trinajstić information content (AvgIpc) is 2.55. The van der Waals surface area contributed by atoms with Gasteiger partial charge in [-0.05, 0) is 29.0 Å². The Morgan fingerprint density at radius 3 is 2.08 bits per heavy atom. The van der Waals surface area contributed by atoms with Crippen LogP contribution in [0, 0.1) is 12.1 Å². The molecule has 3 nitrogen and oxygen atoms in total. The molecule has 24 heavy (non-hydrogen) atoms. The first-order valence-corrected chi connectivity index (χ1v) is 8.39. The number of para-hydroxylation sites is 2. The highest BCUT2D eigenvalue weighted by Gasteiger charge is 2.12. The van der Waals surface area contributed by atoms with Crippen molar-refractivity contribution in [3.63, 3.8) is 0 Å². The van der Waals surface area contributed by atoms with E-state index in [1.165, 1.54) is 11.1 Å². The van der Waals surface area contributed by atoms with Crippen LogP contribution in [0.5, 0.6) is 5.75 Å². The van der Waals surface area contributed by atoms with Gasteiger partial charge >= 0.3 is 0 Å². The van der Waals surface area contributed by atoms with Crippen LogP contribution in [0.4, 0.5) is 5.69 Å². The first kappa shape index (κ1) is 17.7. The van der Waals surface area contributed by atoms with Crippen LogP contribution in [-0.4, -0.2) is 5.11 Å². The molecule has 0 amide bonds. The smallest absolute Gasteiger partial charge is 0.120 e. The van der Waals surface area contributed by atoms with Crippen molar-refractivity contribution in [2.75, 3.05) is 5.32 Å². The summed E-state index contributed by atoms with van der Waals surface area (Å²) in [6, 6.07) is 19.6. The van der Waals surface area contributed by atoms with Gasteiger partial charge in [-0.15, -0.1) is 0 Å². The van der Waals surface area contributed by atoms with Crippen LogP contribution in [0.2, 0.25) is 0 Å². The molecule has 0 bridgehead atoms. The van der Waals surface area contributed by atoms with Gasteiger partial charge in [0.2, 0.25) is 0 Å². The van der Waals surface area contributed by atoms with Crippen molar-refractivity contribution in [3.8, 4) is 17.8 Å². The Kier molecular flexibility index (Phi) is 6.14. The van der Waals surface area contributed by atoms with Crippen molar-refractivity contribution in [2.24, 2.45) is 0 Å². The molecule has 126 valence electrons. The lowest BCUT2D eigenvalue weighted by molar-refractivity contribution is 0.467. The summed E-state index contributed by atoms with van der Waals surface area (Å²) in [5.74, 6) is 1.15. The molecule has 0 atom stereocenters. The minimum Gasteiger partial charge on any atom is -0.508 e. The minimum absolute atomic E-state index is 0.284. The van der Waals surface area contributed by atoms with Crippen LogP contribution in [-0.2, 0) is 6.54 Å². The minimum atomic E-state index is 0.284. The van der Waals surface area contributed by atoms with Crippen LogP contribution in [0.25, 0.3) is 0 Å². The Labute approximate surface area is 145 Å². The number of rotatable bonds is 5. The molecule has 0 aliphatic heterocycles. The molecule has 0 heterocycles. The number of benzene rings is 2. The Hall–Kier alpha value is -2.60. The number of hydrogen-bond acceptors (Lipinski definition) is 3. The third-order valence-corrected chi connectivity index (χ3v) is 3.98. The molecule has 0 saturated heterocycles. The zero-order chi connectivity index (χ0) is 17.5. The molecule has 0 radical (unpaired) electrons. The van der Waals surface area contributed by atoms with Gasteiger partial charge in [-0.3, -0.25) is 0 Å². The van der Waals surface area contributed by atoms with E-state index in [9.17, 15) is 5.11 Å². The van der Waals surface area contributed by atoms with Crippen LogP contribution < -0.4 is 10.6 Å². The fourth-order valence-electron chi connectivity index (χ4n) is 2.63. The van der Waals surface area contributed by atoms with E-state index in [1.54, 1.807) is 6.07 Å². The summed E-state index contributed by atoms with van der Waals surface area (Å²) in [4.78, 5) is 0. The third-order valence-electron chi connectivity index (χ3n) is 3.98. The molecule has 2 aromatic rings. The molecule has 0 fully saturated rings. The monoisotopic (exact) mass is 322 g/mol. The summed E-state index contributed by atoms with van der Waals surface area (Å²) in [6.45, 7) is 9.26. The zero-order valence-corrected chi connectivity index (χ0v) is 14.9. The van der Waals surface area contributed by atoms with Crippen molar-refractivity contribution in [3.05, 3.63) is 59.2 Å². The summed E-state index contributed by atoms with van der Waals surface area (Å²) in [6.07, 6.45) is 0. The maximum Gasteiger partial charge on any atom is 0.120 e. The second-order valence-corrected chi connectivity index (χ2v) is 6.48. The fourth-order valence-corrected chi connectivity index (χ4v) is 2.63. The Bertz CT molecular complexity index is 713. The Balaban J connectivity index is 2.08. The topological polar surface area (TPSA) is 44.3 Å². The van der Waals surface area contributed by atoms with Gasteiger partial charge in [-0.25, -0.2) is 0 Å². The lowest BCUT2D eigenvalue weighted by Gasteiger charge is -2.18. The van der Waals surface area contributed by atoms with Gasteiger partial charge in [0, 0.05) is 17.7 Å². The van der Waals surface area contributed by atoms with E-state index in [2.05, 4.69) is 68.6 Å². The first-order valence-electron chi connectivity index (χ1n) is 8.39. The molecule has 2 aromatic carbocycles. The molecular formula is C21H26N2O. The van der Waals surface area contributed by atoms with Crippen LogP contribution in [0.3, 0.4) is 0 Å². The average molecular weight is 322 g/mol. The normalized spacial score (nSPS) is 10.4. The Morgan fingerprint density at radius 2 is 1.50 bits per heavy atom. The number of phenols is 1. The summed E-state index contributed by atoms with van der Waals surface area (Å²) in [5, 5.41) is 16.0. The van der Waals surface area contributed by atoms with Crippen LogP contribution in [0.1, 0.15) is 56.2 Å². The number of aromatic hydroxyl groups is 1. The highest BCUT2D eigenvalue weighted by Crippen LogP contribution is 2.31. The second-order valence-electron chi connectivity index (χ2n) is 6.48. The van der Waals surface area contributed by atoms with Crippen molar-refractivity contribution in [1.82, 2.24) is 5.32 Å². The maximum absolute atomic E-state index is 9.74. The van der Waals surface area contributed by atoms with E-state index in [-0.39, 0.29) is 5.75 Å². The van der Waals surface area contributed by atoms with Gasteiger partial charge in [-0.1, -0.05) is 64.1 Å². The lowest BCUT2D eigenvalue weighted by Crippen LogP contribution is -2.07. The third kappa shape index (κ3) is 4.45. The van der Waals surface area contributed by atoms with Gasteiger partial charge in [0.1, 0.15) is 5.75 Å². The summed E-state index contributed by atoms with van der Waals surface area (Å²) in [7, 11) is 0. The van der Waals surface area contributed by atoms with Gasteiger partial charge in [0.05, 0.1) is 12.2 Å². The number of nitrogens with one attached hydrogen (secondary N) is 2. The molecule has 0 aliphatic carbocycles. The van der Waals surface area contributed by atoms with E-state index in [0.29, 0.717) is 18.4 Å². The van der Waals surface area contributed by atoms with Gasteiger partial charge < -0.3 is 15.7 Å². The lowest BCUT2D eigenvalue weighted by atomic mass is 9.93. The van der Waals surface area contributed by atoms with E-state index in [1.807, 2.05) is 18.2 Å². The molecule has 0 spiro atoms. The van der Waals surface area contributed by atoms with E-state index < -0.39 is 0 Å². The van der Waals surface area contributed by atoms with Gasteiger partial charge in [0.15, 0.2) is 0 Å². The standard InChI is InChI=1S/C21H26N2O/c1-15(2)18-9-7-10-19(16(3)4)21(18)23-13-12-22-14-17-8-5-6-11-20(17)24/h5-11,15-16,22-24H,14H2,1-4H3. The number of anilines is 1. The van der Waals surface area contributed by atoms with Crippen molar-refractivity contribution < 1.29 is 5.11 Å². The predicted octanol–water partition coefficient (Wildman–Crippen LogP) is 4.76. The Morgan fingerprint density at radius 1 is 0.875 bits per heavy atom. The molecule has 2 rings (SSSR count). The highest BCUT2D eigenvalue weighted by atomic mass is 16.3. The molecule has 0 unspecified atom stereocenters.